The molecule has 30 heavy (non-hydrogen) atoms. The smallest absolute Gasteiger partial charge is 0.354 e. The van der Waals surface area contributed by atoms with Crippen molar-refractivity contribution >= 4 is 11.7 Å². The van der Waals surface area contributed by atoms with Gasteiger partial charge in [0.15, 0.2) is 0 Å². The van der Waals surface area contributed by atoms with Gasteiger partial charge in [0.05, 0.1) is 18.7 Å². The predicted octanol–water partition coefficient (Wildman–Crippen LogP) is 5.65. The Morgan fingerprint density at radius 2 is 1.87 bits per heavy atom. The van der Waals surface area contributed by atoms with Crippen molar-refractivity contribution in [2.24, 2.45) is 7.05 Å². The quantitative estimate of drug-likeness (QED) is 0.397. The first kappa shape index (κ1) is 20.7. The largest absolute Gasteiger partial charge is 0.461 e. The Kier molecular flexibility index (Phi) is 6.20. The molecule has 3 aromatic rings. The highest BCUT2D eigenvalue weighted by atomic mass is 16.5. The standard InChI is InChI=1S/C24H21N3O3/c1-5-19-22(26-3)21(23(27(19)4)24(28)29-6-2)16-11-13-18(14-12-16)30-20-10-8-7-9-17(20)15-25/h7-14H,5-6H2,1-2,4H3. The van der Waals surface area contributed by atoms with Crippen LogP contribution in [-0.4, -0.2) is 17.1 Å². The number of ether oxygens (including phenoxy) is 2. The van der Waals surface area contributed by atoms with Crippen molar-refractivity contribution < 1.29 is 14.3 Å². The van der Waals surface area contributed by atoms with Crippen LogP contribution >= 0.6 is 0 Å². The SMILES string of the molecule is [C-]#[N+]c1c(-c2ccc(Oc3ccccc3C#N)cc2)c(C(=O)OCC)n(C)c1CC. The van der Waals surface area contributed by atoms with Crippen molar-refractivity contribution in [3.05, 3.63) is 76.9 Å². The Labute approximate surface area is 175 Å². The van der Waals surface area contributed by atoms with Gasteiger partial charge < -0.3 is 14.0 Å². The number of esters is 1. The van der Waals surface area contributed by atoms with E-state index >= 15 is 0 Å². The fraction of sp³-hybridized carbons (Fsp3) is 0.208. The van der Waals surface area contributed by atoms with Crippen LogP contribution in [0.4, 0.5) is 5.69 Å². The van der Waals surface area contributed by atoms with Crippen LogP contribution in [0.25, 0.3) is 16.0 Å². The number of carbonyl (C=O) groups is 1. The molecule has 0 fully saturated rings. The molecule has 0 aliphatic rings. The summed E-state index contributed by atoms with van der Waals surface area (Å²) in [5, 5.41) is 9.22. The van der Waals surface area contributed by atoms with E-state index in [1.807, 2.05) is 6.92 Å². The summed E-state index contributed by atoms with van der Waals surface area (Å²) in [6, 6.07) is 16.2. The molecule has 2 aromatic carbocycles. The van der Waals surface area contributed by atoms with Gasteiger partial charge in [-0.25, -0.2) is 9.64 Å². The van der Waals surface area contributed by atoms with Crippen LogP contribution in [0.5, 0.6) is 11.5 Å². The molecule has 150 valence electrons. The molecular formula is C24H21N3O3. The van der Waals surface area contributed by atoms with E-state index in [0.717, 1.165) is 11.3 Å². The second-order valence-corrected chi connectivity index (χ2v) is 6.50. The molecule has 1 aromatic heterocycles. The number of nitriles is 1. The van der Waals surface area contributed by atoms with E-state index in [0.29, 0.717) is 40.4 Å². The Morgan fingerprint density at radius 3 is 2.47 bits per heavy atom. The van der Waals surface area contributed by atoms with E-state index in [9.17, 15) is 10.1 Å². The van der Waals surface area contributed by atoms with Crippen molar-refractivity contribution in [3.63, 3.8) is 0 Å². The highest BCUT2D eigenvalue weighted by Crippen LogP contribution is 2.40. The molecule has 0 radical (unpaired) electrons. The fourth-order valence-corrected chi connectivity index (χ4v) is 3.42. The summed E-state index contributed by atoms with van der Waals surface area (Å²) in [6.07, 6.45) is 0.618. The first-order valence-electron chi connectivity index (χ1n) is 9.59. The van der Waals surface area contributed by atoms with Crippen molar-refractivity contribution in [2.45, 2.75) is 20.3 Å². The number of carbonyl (C=O) groups excluding carboxylic acids is 1. The molecule has 0 N–H and O–H groups in total. The van der Waals surface area contributed by atoms with Crippen molar-refractivity contribution in [2.75, 3.05) is 6.61 Å². The predicted molar refractivity (Wildman–Crippen MR) is 114 cm³/mol. The average Bonchev–Trinajstić information content (AvgIpc) is 3.06. The van der Waals surface area contributed by atoms with E-state index in [1.165, 1.54) is 0 Å². The summed E-state index contributed by atoms with van der Waals surface area (Å²) in [4.78, 5) is 16.3. The summed E-state index contributed by atoms with van der Waals surface area (Å²) in [5.41, 5.74) is 3.32. The summed E-state index contributed by atoms with van der Waals surface area (Å²) in [7, 11) is 1.78. The summed E-state index contributed by atoms with van der Waals surface area (Å²) in [5.74, 6) is 0.563. The zero-order chi connectivity index (χ0) is 21.7. The van der Waals surface area contributed by atoms with Gasteiger partial charge in [-0.1, -0.05) is 31.2 Å². The topological polar surface area (TPSA) is 68.6 Å². The van der Waals surface area contributed by atoms with Gasteiger partial charge in [0.25, 0.3) is 0 Å². The van der Waals surface area contributed by atoms with Crippen molar-refractivity contribution in [1.82, 2.24) is 4.57 Å². The van der Waals surface area contributed by atoms with E-state index < -0.39 is 5.97 Å². The number of hydrogen-bond acceptors (Lipinski definition) is 4. The lowest BCUT2D eigenvalue weighted by Gasteiger charge is -2.10. The lowest BCUT2D eigenvalue weighted by atomic mass is 10.0. The third kappa shape index (κ3) is 3.76. The summed E-state index contributed by atoms with van der Waals surface area (Å²) in [6.45, 7) is 11.6. The highest BCUT2D eigenvalue weighted by molar-refractivity contribution is 6.01. The van der Waals surface area contributed by atoms with E-state index in [4.69, 9.17) is 16.0 Å². The normalized spacial score (nSPS) is 10.2. The first-order chi connectivity index (χ1) is 14.5. The Morgan fingerprint density at radius 1 is 1.17 bits per heavy atom. The number of rotatable bonds is 6. The third-order valence-corrected chi connectivity index (χ3v) is 4.78. The van der Waals surface area contributed by atoms with Gasteiger partial charge in [-0.15, -0.1) is 0 Å². The third-order valence-electron chi connectivity index (χ3n) is 4.78. The number of nitrogens with zero attached hydrogens (tertiary/aromatic N) is 3. The number of para-hydroxylation sites is 1. The van der Waals surface area contributed by atoms with Gasteiger partial charge >= 0.3 is 5.97 Å². The maximum absolute atomic E-state index is 12.6. The van der Waals surface area contributed by atoms with Gasteiger partial charge in [-0.05, 0) is 43.2 Å². The average molecular weight is 399 g/mol. The molecule has 0 atom stereocenters. The van der Waals surface area contributed by atoms with Crippen LogP contribution in [0.1, 0.15) is 35.6 Å². The number of hydrogen-bond donors (Lipinski definition) is 0. The lowest BCUT2D eigenvalue weighted by Crippen LogP contribution is -2.12. The zero-order valence-electron chi connectivity index (χ0n) is 17.1. The van der Waals surface area contributed by atoms with Crippen LogP contribution < -0.4 is 4.74 Å². The second kappa shape index (κ2) is 8.98. The number of benzene rings is 2. The molecule has 0 saturated heterocycles. The molecule has 1 heterocycles. The summed E-state index contributed by atoms with van der Waals surface area (Å²) >= 11 is 0. The molecule has 0 unspecified atom stereocenters. The second-order valence-electron chi connectivity index (χ2n) is 6.50. The monoisotopic (exact) mass is 399 g/mol. The maximum atomic E-state index is 12.6. The lowest BCUT2D eigenvalue weighted by molar-refractivity contribution is 0.0516. The molecule has 0 spiro atoms. The molecule has 0 bridgehead atoms. The van der Waals surface area contributed by atoms with Crippen LogP contribution in [0, 0.1) is 17.9 Å². The molecule has 0 saturated carbocycles. The molecular weight excluding hydrogens is 378 g/mol. The molecule has 3 rings (SSSR count). The molecule has 0 aliphatic carbocycles. The fourth-order valence-electron chi connectivity index (χ4n) is 3.42. The van der Waals surface area contributed by atoms with Crippen LogP contribution in [0.15, 0.2) is 48.5 Å². The van der Waals surface area contributed by atoms with Crippen molar-refractivity contribution in [1.29, 1.82) is 5.26 Å². The van der Waals surface area contributed by atoms with Gasteiger partial charge in [0, 0.05) is 18.3 Å². The summed E-state index contributed by atoms with van der Waals surface area (Å²) < 4.78 is 12.8. The first-order valence-corrected chi connectivity index (χ1v) is 9.59. The molecule has 0 amide bonds. The molecule has 0 aliphatic heterocycles. The minimum Gasteiger partial charge on any atom is -0.461 e. The maximum Gasteiger partial charge on any atom is 0.354 e. The molecule has 6 heteroatoms. The van der Waals surface area contributed by atoms with E-state index in [-0.39, 0.29) is 6.61 Å². The van der Waals surface area contributed by atoms with Crippen LogP contribution in [0.3, 0.4) is 0 Å². The number of aromatic nitrogens is 1. The minimum absolute atomic E-state index is 0.253. The Hall–Kier alpha value is -4.03. The van der Waals surface area contributed by atoms with Gasteiger partial charge in [-0.3, -0.25) is 0 Å². The van der Waals surface area contributed by atoms with Gasteiger partial charge in [-0.2, -0.15) is 5.26 Å². The van der Waals surface area contributed by atoms with Gasteiger partial charge in [0.1, 0.15) is 23.3 Å². The van der Waals surface area contributed by atoms with E-state index in [1.54, 1.807) is 67.1 Å². The highest BCUT2D eigenvalue weighted by Gasteiger charge is 2.26. The van der Waals surface area contributed by atoms with Crippen LogP contribution in [-0.2, 0) is 18.2 Å². The molecule has 6 nitrogen and oxygen atoms in total. The van der Waals surface area contributed by atoms with E-state index in [2.05, 4.69) is 10.9 Å². The Bertz CT molecular complexity index is 1160. The van der Waals surface area contributed by atoms with Gasteiger partial charge in [0.2, 0.25) is 5.69 Å². The van der Waals surface area contributed by atoms with Crippen LogP contribution in [0.2, 0.25) is 0 Å². The zero-order valence-corrected chi connectivity index (χ0v) is 17.1. The minimum atomic E-state index is -0.456. The van der Waals surface area contributed by atoms with Crippen molar-refractivity contribution in [3.8, 4) is 28.7 Å². The Balaban J connectivity index is 2.05.